The van der Waals surface area contributed by atoms with Crippen molar-refractivity contribution >= 4 is 11.8 Å². The van der Waals surface area contributed by atoms with Gasteiger partial charge in [-0.25, -0.2) is 0 Å². The van der Waals surface area contributed by atoms with Gasteiger partial charge in [0.15, 0.2) is 0 Å². The van der Waals surface area contributed by atoms with Crippen LogP contribution in [-0.2, 0) is 0 Å². The molecule has 0 aliphatic heterocycles. The lowest BCUT2D eigenvalue weighted by Gasteiger charge is -2.29. The first kappa shape index (κ1) is 15.0. The molecule has 0 atom stereocenters. The summed E-state index contributed by atoms with van der Waals surface area (Å²) in [5.41, 5.74) is 0.0864. The van der Waals surface area contributed by atoms with E-state index in [1.165, 1.54) is 0 Å². The van der Waals surface area contributed by atoms with Crippen LogP contribution in [0, 0.1) is 5.41 Å². The van der Waals surface area contributed by atoms with Crippen molar-refractivity contribution in [1.29, 1.82) is 0 Å². The molecule has 0 saturated heterocycles. The van der Waals surface area contributed by atoms with Gasteiger partial charge in [-0.05, 0) is 12.8 Å². The number of rotatable bonds is 10. The topological polar surface area (TPSA) is 32.3 Å². The molecule has 0 bridgehead atoms. The second-order valence-corrected chi connectivity index (χ2v) is 5.06. The van der Waals surface area contributed by atoms with E-state index in [0.717, 1.165) is 37.4 Å². The molecule has 15 heavy (non-hydrogen) atoms. The van der Waals surface area contributed by atoms with E-state index in [1.54, 1.807) is 0 Å². The minimum absolute atomic E-state index is 0.0864. The summed E-state index contributed by atoms with van der Waals surface area (Å²) >= 11 is 1.88. The van der Waals surface area contributed by atoms with Gasteiger partial charge in [0.2, 0.25) is 0 Å². The molecule has 0 rings (SSSR count). The van der Waals surface area contributed by atoms with Crippen molar-refractivity contribution in [1.82, 2.24) is 5.32 Å². The summed E-state index contributed by atoms with van der Waals surface area (Å²) in [6.07, 6.45) is 4.00. The lowest BCUT2D eigenvalue weighted by Crippen LogP contribution is -2.37. The molecule has 0 aromatic rings. The monoisotopic (exact) mass is 231 g/mol. The summed E-state index contributed by atoms with van der Waals surface area (Å²) in [5.74, 6) is 2.13. The lowest BCUT2D eigenvalue weighted by molar-refractivity contribution is 0.114. The van der Waals surface area contributed by atoms with Gasteiger partial charge in [-0.15, -0.1) is 6.58 Å². The summed E-state index contributed by atoms with van der Waals surface area (Å²) in [5, 5.41) is 12.8. The van der Waals surface area contributed by atoms with E-state index in [2.05, 4.69) is 25.7 Å². The van der Waals surface area contributed by atoms with E-state index in [9.17, 15) is 5.11 Å². The van der Waals surface area contributed by atoms with Crippen LogP contribution in [0.25, 0.3) is 0 Å². The Morgan fingerprint density at radius 1 is 1.40 bits per heavy atom. The van der Waals surface area contributed by atoms with Gasteiger partial charge in [-0.1, -0.05) is 19.9 Å². The van der Waals surface area contributed by atoms with Crippen molar-refractivity contribution in [3.8, 4) is 0 Å². The zero-order valence-electron chi connectivity index (χ0n) is 10.1. The highest BCUT2D eigenvalue weighted by Crippen LogP contribution is 2.24. The molecular formula is C12H25NOS. The van der Waals surface area contributed by atoms with Crippen molar-refractivity contribution in [2.24, 2.45) is 5.41 Å². The van der Waals surface area contributed by atoms with E-state index in [1.807, 2.05) is 17.8 Å². The Morgan fingerprint density at radius 3 is 2.53 bits per heavy atom. The van der Waals surface area contributed by atoms with Crippen LogP contribution in [0.3, 0.4) is 0 Å². The standard InChI is InChI=1S/C12H25NOS/c1-4-8-15-9-7-13-10-12(5-2,6-3)11-14/h4,13-14H,1,5-11H2,2-3H3. The van der Waals surface area contributed by atoms with Crippen LogP contribution in [0.4, 0.5) is 0 Å². The van der Waals surface area contributed by atoms with Crippen molar-refractivity contribution in [3.63, 3.8) is 0 Å². The minimum atomic E-state index is 0.0864. The van der Waals surface area contributed by atoms with E-state index >= 15 is 0 Å². The Labute approximate surface area is 98.5 Å². The predicted octanol–water partition coefficient (Wildman–Crippen LogP) is 2.29. The van der Waals surface area contributed by atoms with Crippen molar-refractivity contribution in [2.75, 3.05) is 31.2 Å². The van der Waals surface area contributed by atoms with Gasteiger partial charge in [0.25, 0.3) is 0 Å². The van der Waals surface area contributed by atoms with Gasteiger partial charge in [0, 0.05) is 36.6 Å². The summed E-state index contributed by atoms with van der Waals surface area (Å²) in [6, 6.07) is 0. The number of hydrogen-bond donors (Lipinski definition) is 2. The van der Waals surface area contributed by atoms with E-state index in [0.29, 0.717) is 0 Å². The molecule has 0 unspecified atom stereocenters. The molecule has 0 aromatic carbocycles. The van der Waals surface area contributed by atoms with Crippen molar-refractivity contribution in [2.45, 2.75) is 26.7 Å². The second kappa shape index (κ2) is 9.25. The van der Waals surface area contributed by atoms with Gasteiger partial charge >= 0.3 is 0 Å². The molecule has 2 nitrogen and oxygen atoms in total. The number of aliphatic hydroxyl groups excluding tert-OH is 1. The van der Waals surface area contributed by atoms with Gasteiger partial charge in [0.05, 0.1) is 0 Å². The fraction of sp³-hybridized carbons (Fsp3) is 0.833. The molecular weight excluding hydrogens is 206 g/mol. The maximum atomic E-state index is 9.36. The molecule has 0 heterocycles. The van der Waals surface area contributed by atoms with Gasteiger partial charge < -0.3 is 10.4 Å². The fourth-order valence-electron chi connectivity index (χ4n) is 1.44. The van der Waals surface area contributed by atoms with Crippen molar-refractivity contribution in [3.05, 3.63) is 12.7 Å². The van der Waals surface area contributed by atoms with Crippen LogP contribution in [0.5, 0.6) is 0 Å². The molecule has 90 valence electrons. The first-order valence-corrected chi connectivity index (χ1v) is 6.90. The predicted molar refractivity (Wildman–Crippen MR) is 70.5 cm³/mol. The third-order valence-electron chi connectivity index (χ3n) is 2.99. The smallest absolute Gasteiger partial charge is 0.0499 e. The van der Waals surface area contributed by atoms with Gasteiger partial charge in [-0.2, -0.15) is 11.8 Å². The molecule has 0 fully saturated rings. The summed E-state index contributed by atoms with van der Waals surface area (Å²) in [6.45, 7) is 10.2. The molecule has 0 saturated carbocycles. The van der Waals surface area contributed by atoms with Crippen LogP contribution in [-0.4, -0.2) is 36.3 Å². The van der Waals surface area contributed by atoms with Crippen LogP contribution in [0.1, 0.15) is 26.7 Å². The molecule has 0 aromatic heterocycles. The molecule has 0 amide bonds. The normalized spacial score (nSPS) is 11.7. The average molecular weight is 231 g/mol. The maximum Gasteiger partial charge on any atom is 0.0499 e. The Balaban J connectivity index is 3.58. The third-order valence-corrected chi connectivity index (χ3v) is 3.96. The minimum Gasteiger partial charge on any atom is -0.396 e. The first-order valence-electron chi connectivity index (χ1n) is 5.75. The highest BCUT2D eigenvalue weighted by Gasteiger charge is 2.24. The number of hydrogen-bond acceptors (Lipinski definition) is 3. The lowest BCUT2D eigenvalue weighted by atomic mass is 9.83. The van der Waals surface area contributed by atoms with Crippen LogP contribution >= 0.6 is 11.8 Å². The highest BCUT2D eigenvalue weighted by atomic mass is 32.2. The maximum absolute atomic E-state index is 9.36. The summed E-state index contributed by atoms with van der Waals surface area (Å²) in [4.78, 5) is 0. The molecule has 3 heteroatoms. The Morgan fingerprint density at radius 2 is 2.07 bits per heavy atom. The van der Waals surface area contributed by atoms with Crippen LogP contribution < -0.4 is 5.32 Å². The molecule has 0 aliphatic carbocycles. The van der Waals surface area contributed by atoms with Gasteiger partial charge in [-0.3, -0.25) is 0 Å². The SMILES string of the molecule is C=CCSCCNCC(CC)(CC)CO. The first-order chi connectivity index (χ1) is 7.24. The highest BCUT2D eigenvalue weighted by molar-refractivity contribution is 7.99. The average Bonchev–Trinajstić information content (AvgIpc) is 2.29. The van der Waals surface area contributed by atoms with Crippen molar-refractivity contribution < 1.29 is 5.11 Å². The van der Waals surface area contributed by atoms with E-state index in [-0.39, 0.29) is 12.0 Å². The van der Waals surface area contributed by atoms with Crippen LogP contribution in [0.2, 0.25) is 0 Å². The molecule has 2 N–H and O–H groups in total. The van der Waals surface area contributed by atoms with E-state index < -0.39 is 0 Å². The number of nitrogens with one attached hydrogen (secondary N) is 1. The Hall–Kier alpha value is 0.01000. The largest absolute Gasteiger partial charge is 0.396 e. The second-order valence-electron chi connectivity index (χ2n) is 3.91. The Kier molecular flexibility index (Phi) is 9.26. The van der Waals surface area contributed by atoms with Crippen LogP contribution in [0.15, 0.2) is 12.7 Å². The number of aliphatic hydroxyl groups is 1. The van der Waals surface area contributed by atoms with E-state index in [4.69, 9.17) is 0 Å². The quantitative estimate of drug-likeness (QED) is 0.447. The summed E-state index contributed by atoms with van der Waals surface area (Å²) < 4.78 is 0. The molecule has 0 radical (unpaired) electrons. The number of thioether (sulfide) groups is 1. The third kappa shape index (κ3) is 6.23. The molecule has 0 aliphatic rings. The zero-order valence-corrected chi connectivity index (χ0v) is 10.9. The summed E-state index contributed by atoms with van der Waals surface area (Å²) in [7, 11) is 0. The Bertz CT molecular complexity index is 149. The zero-order chi connectivity index (χ0) is 11.6. The fourth-order valence-corrected chi connectivity index (χ4v) is 2.07. The molecule has 0 spiro atoms. The van der Waals surface area contributed by atoms with Gasteiger partial charge in [0.1, 0.15) is 0 Å².